The summed E-state index contributed by atoms with van der Waals surface area (Å²) in [7, 11) is 4.04. The van der Waals surface area contributed by atoms with E-state index < -0.39 is 0 Å². The summed E-state index contributed by atoms with van der Waals surface area (Å²) in [5.41, 5.74) is 4.95. The van der Waals surface area contributed by atoms with E-state index in [0.29, 0.717) is 5.56 Å². The SMILES string of the molecule is C=C(C)c1cc(C#N)cc2c1nc(N1CCN(C)CC1)c1nn(C)c[n+]12. The van der Waals surface area contributed by atoms with Gasteiger partial charge in [0.05, 0.1) is 18.7 Å². The second kappa shape index (κ2) is 6.07. The van der Waals surface area contributed by atoms with Crippen LogP contribution in [0.3, 0.4) is 0 Å². The van der Waals surface area contributed by atoms with Crippen molar-refractivity contribution >= 4 is 28.1 Å². The Morgan fingerprint density at radius 3 is 2.62 bits per heavy atom. The number of anilines is 1. The van der Waals surface area contributed by atoms with Gasteiger partial charge in [0.2, 0.25) is 12.1 Å². The van der Waals surface area contributed by atoms with Gasteiger partial charge in [-0.3, -0.25) is 0 Å². The van der Waals surface area contributed by atoms with Gasteiger partial charge in [-0.1, -0.05) is 6.58 Å². The summed E-state index contributed by atoms with van der Waals surface area (Å²) in [6.07, 6.45) is 1.93. The number of rotatable bonds is 2. The maximum absolute atomic E-state index is 9.42. The molecule has 0 spiro atoms. The number of hydrogen-bond donors (Lipinski definition) is 0. The standard InChI is InChI=1S/C19H22N7/c1-13(2)15-9-14(11-20)10-16-17(15)21-18(19-22-24(4)12-26(16)19)25-7-5-23(3)6-8-25/h9-10,12H,1,5-8H2,2-4H3/q+1. The maximum Gasteiger partial charge on any atom is 0.349 e. The molecule has 0 aliphatic carbocycles. The van der Waals surface area contributed by atoms with Crippen LogP contribution in [0.15, 0.2) is 25.0 Å². The molecular formula is C19H22N7+. The molecule has 0 amide bonds. The highest BCUT2D eigenvalue weighted by atomic mass is 15.4. The topological polar surface area (TPSA) is 65.1 Å². The largest absolute Gasteiger partial charge is 0.349 e. The van der Waals surface area contributed by atoms with Crippen LogP contribution in [-0.4, -0.2) is 52.9 Å². The van der Waals surface area contributed by atoms with E-state index in [1.54, 1.807) is 4.68 Å². The number of aryl methyl sites for hydroxylation is 1. The van der Waals surface area contributed by atoms with E-state index in [1.165, 1.54) is 0 Å². The molecule has 0 radical (unpaired) electrons. The highest BCUT2D eigenvalue weighted by Gasteiger charge is 2.26. The Kier molecular flexibility index (Phi) is 3.85. The molecule has 7 heteroatoms. The number of allylic oxidation sites excluding steroid dienone is 1. The zero-order valence-electron chi connectivity index (χ0n) is 15.4. The first-order chi connectivity index (χ1) is 12.5. The van der Waals surface area contributed by atoms with Gasteiger partial charge >= 0.3 is 5.65 Å². The quantitative estimate of drug-likeness (QED) is 0.655. The fourth-order valence-electron chi connectivity index (χ4n) is 3.47. The normalized spacial score (nSPS) is 15.5. The number of nitrogens with zero attached hydrogens (tertiary/aromatic N) is 7. The molecule has 1 aliphatic rings. The Labute approximate surface area is 152 Å². The van der Waals surface area contributed by atoms with Crippen molar-refractivity contribution in [2.45, 2.75) is 6.92 Å². The van der Waals surface area contributed by atoms with Crippen molar-refractivity contribution in [1.29, 1.82) is 5.26 Å². The van der Waals surface area contributed by atoms with Gasteiger partial charge in [-0.25, -0.2) is 4.98 Å². The van der Waals surface area contributed by atoms with E-state index in [-0.39, 0.29) is 0 Å². The average Bonchev–Trinajstić information content (AvgIpc) is 3.02. The highest BCUT2D eigenvalue weighted by Crippen LogP contribution is 2.27. The Balaban J connectivity index is 2.04. The van der Waals surface area contributed by atoms with Gasteiger partial charge in [-0.2, -0.15) is 9.66 Å². The molecule has 1 aromatic carbocycles. The molecule has 4 rings (SSSR count). The smallest absolute Gasteiger partial charge is 0.348 e. The molecule has 3 aromatic rings. The second-order valence-corrected chi connectivity index (χ2v) is 6.99. The lowest BCUT2D eigenvalue weighted by molar-refractivity contribution is -0.482. The Morgan fingerprint density at radius 2 is 1.96 bits per heavy atom. The summed E-state index contributed by atoms with van der Waals surface area (Å²) < 4.78 is 3.82. The summed E-state index contributed by atoms with van der Waals surface area (Å²) in [6.45, 7) is 9.87. The lowest BCUT2D eigenvalue weighted by Gasteiger charge is -2.32. The minimum atomic E-state index is 0.599. The van der Waals surface area contributed by atoms with Gasteiger partial charge < -0.3 is 9.80 Å². The minimum absolute atomic E-state index is 0.599. The first-order valence-electron chi connectivity index (χ1n) is 8.70. The van der Waals surface area contributed by atoms with Crippen molar-refractivity contribution in [3.8, 4) is 6.07 Å². The van der Waals surface area contributed by atoms with Gasteiger partial charge in [-0.15, -0.1) is 4.68 Å². The zero-order valence-corrected chi connectivity index (χ0v) is 15.4. The molecule has 0 N–H and O–H groups in total. The number of hydrogen-bond acceptors (Lipinski definition) is 5. The van der Waals surface area contributed by atoms with E-state index >= 15 is 0 Å². The monoisotopic (exact) mass is 348 g/mol. The number of fused-ring (bicyclic) bond motifs is 3. The lowest BCUT2D eigenvalue weighted by atomic mass is 10.0. The van der Waals surface area contributed by atoms with Gasteiger partial charge in [0.15, 0.2) is 0 Å². The van der Waals surface area contributed by atoms with E-state index in [1.807, 2.05) is 36.8 Å². The van der Waals surface area contributed by atoms with Crippen LogP contribution < -0.4 is 9.30 Å². The lowest BCUT2D eigenvalue weighted by Crippen LogP contribution is -2.45. The molecule has 7 nitrogen and oxygen atoms in total. The van der Waals surface area contributed by atoms with Gasteiger partial charge in [0.25, 0.3) is 0 Å². The molecule has 0 atom stereocenters. The molecule has 1 saturated heterocycles. The average molecular weight is 348 g/mol. The Bertz CT molecular complexity index is 1070. The van der Waals surface area contributed by atoms with Crippen LogP contribution in [0.2, 0.25) is 0 Å². The van der Waals surface area contributed by atoms with Gasteiger partial charge in [0, 0.05) is 36.8 Å². The summed E-state index contributed by atoms with van der Waals surface area (Å²) in [5, 5.41) is 14.1. The molecule has 0 unspecified atom stereocenters. The van der Waals surface area contributed by atoms with Crippen LogP contribution in [0.25, 0.3) is 22.3 Å². The van der Waals surface area contributed by atoms with E-state index in [9.17, 15) is 5.26 Å². The van der Waals surface area contributed by atoms with Crippen LogP contribution >= 0.6 is 0 Å². The number of aromatic nitrogens is 4. The molecule has 26 heavy (non-hydrogen) atoms. The number of likely N-dealkylation sites (N-methyl/N-ethyl adjacent to an activating group) is 1. The van der Waals surface area contributed by atoms with Crippen LogP contribution in [0.4, 0.5) is 5.82 Å². The predicted molar refractivity (Wildman–Crippen MR) is 101 cm³/mol. The summed E-state index contributed by atoms with van der Waals surface area (Å²) in [6, 6.07) is 5.98. The summed E-state index contributed by atoms with van der Waals surface area (Å²) in [5.74, 6) is 0.887. The van der Waals surface area contributed by atoms with Crippen LogP contribution in [0, 0.1) is 11.3 Å². The maximum atomic E-state index is 9.42. The van der Waals surface area contributed by atoms with Crippen LogP contribution in [-0.2, 0) is 7.05 Å². The predicted octanol–water partition coefficient (Wildman–Crippen LogP) is 1.36. The van der Waals surface area contributed by atoms with Gasteiger partial charge in [-0.05, 0) is 31.7 Å². The van der Waals surface area contributed by atoms with Crippen molar-refractivity contribution in [3.63, 3.8) is 0 Å². The highest BCUT2D eigenvalue weighted by molar-refractivity contribution is 5.89. The molecule has 132 valence electrons. The van der Waals surface area contributed by atoms with Crippen molar-refractivity contribution in [1.82, 2.24) is 19.7 Å². The minimum Gasteiger partial charge on any atom is -0.348 e. The molecule has 1 fully saturated rings. The zero-order chi connectivity index (χ0) is 18.4. The van der Waals surface area contributed by atoms with Crippen LogP contribution in [0.5, 0.6) is 0 Å². The van der Waals surface area contributed by atoms with E-state index in [0.717, 1.165) is 59.8 Å². The van der Waals surface area contributed by atoms with Crippen molar-refractivity contribution in [2.24, 2.45) is 7.05 Å². The van der Waals surface area contributed by atoms with Crippen molar-refractivity contribution < 1.29 is 4.40 Å². The van der Waals surface area contributed by atoms with Crippen LogP contribution in [0.1, 0.15) is 18.1 Å². The number of benzene rings is 1. The molecule has 1 aliphatic heterocycles. The fraction of sp³-hybridized carbons (Fsp3) is 0.368. The third kappa shape index (κ3) is 2.59. The van der Waals surface area contributed by atoms with Gasteiger partial charge in [0.1, 0.15) is 11.0 Å². The number of nitriles is 1. The number of piperazine rings is 1. The van der Waals surface area contributed by atoms with E-state index in [2.05, 4.69) is 34.6 Å². The summed E-state index contributed by atoms with van der Waals surface area (Å²) in [4.78, 5) is 9.61. The molecule has 3 heterocycles. The third-order valence-electron chi connectivity index (χ3n) is 4.92. The van der Waals surface area contributed by atoms with E-state index in [4.69, 9.17) is 4.98 Å². The van der Waals surface area contributed by atoms with Crippen molar-refractivity contribution in [2.75, 3.05) is 38.1 Å². The van der Waals surface area contributed by atoms with Crippen molar-refractivity contribution in [3.05, 3.63) is 36.2 Å². The molecular weight excluding hydrogens is 326 g/mol. The Hall–Kier alpha value is -2.98. The molecule has 0 bridgehead atoms. The Morgan fingerprint density at radius 1 is 1.23 bits per heavy atom. The third-order valence-corrected chi connectivity index (χ3v) is 4.92. The summed E-state index contributed by atoms with van der Waals surface area (Å²) >= 11 is 0. The first-order valence-corrected chi connectivity index (χ1v) is 8.70. The second-order valence-electron chi connectivity index (χ2n) is 6.99. The molecule has 0 saturated carbocycles. The fourth-order valence-corrected chi connectivity index (χ4v) is 3.47. The first kappa shape index (κ1) is 16.5. The molecule has 2 aromatic heterocycles.